The molecular formula is C11H14Cl3NO2S2. The van der Waals surface area contributed by atoms with Gasteiger partial charge in [-0.25, -0.2) is 8.42 Å². The lowest BCUT2D eigenvalue weighted by molar-refractivity contribution is 0.369. The molecule has 2 rings (SSSR count). The van der Waals surface area contributed by atoms with E-state index >= 15 is 0 Å². The number of nitrogens with zero attached hydrogens (tertiary/aromatic N) is 1. The van der Waals surface area contributed by atoms with Crippen molar-refractivity contribution < 1.29 is 8.42 Å². The summed E-state index contributed by atoms with van der Waals surface area (Å²) in [7, 11) is -3.54. The molecule has 1 aliphatic heterocycles. The van der Waals surface area contributed by atoms with Gasteiger partial charge in [0.05, 0.1) is 4.34 Å². The van der Waals surface area contributed by atoms with E-state index in [-0.39, 0.29) is 15.3 Å². The van der Waals surface area contributed by atoms with Crippen LogP contribution < -0.4 is 0 Å². The molecule has 108 valence electrons. The normalized spacial score (nSPS) is 21.1. The van der Waals surface area contributed by atoms with Gasteiger partial charge in [0.2, 0.25) is 10.0 Å². The Hall–Kier alpha value is 0.480. The Bertz CT molecular complexity index is 544. The summed E-state index contributed by atoms with van der Waals surface area (Å²) in [6, 6.07) is 1.46. The maximum absolute atomic E-state index is 12.6. The second kappa shape index (κ2) is 6.50. The number of thiophene rings is 1. The fraction of sp³-hybridized carbons (Fsp3) is 0.636. The van der Waals surface area contributed by atoms with E-state index in [2.05, 4.69) is 0 Å². The zero-order valence-corrected chi connectivity index (χ0v) is 14.0. The highest BCUT2D eigenvalue weighted by Crippen LogP contribution is 2.38. The fourth-order valence-electron chi connectivity index (χ4n) is 2.35. The summed E-state index contributed by atoms with van der Waals surface area (Å²) in [6.07, 6.45) is 3.36. The molecule has 1 aromatic rings. The predicted molar refractivity (Wildman–Crippen MR) is 81.2 cm³/mol. The second-order valence-corrected chi connectivity index (χ2v) is 8.95. The third-order valence-electron chi connectivity index (χ3n) is 3.21. The second-order valence-electron chi connectivity index (χ2n) is 4.43. The molecule has 1 aromatic heterocycles. The zero-order valence-electron chi connectivity index (χ0n) is 10.1. The van der Waals surface area contributed by atoms with E-state index in [0.717, 1.165) is 37.0 Å². The summed E-state index contributed by atoms with van der Waals surface area (Å²) < 4.78 is 27.4. The molecule has 0 radical (unpaired) electrons. The molecular weight excluding hydrogens is 349 g/mol. The molecule has 2 heterocycles. The van der Waals surface area contributed by atoms with Gasteiger partial charge in [-0.05, 0) is 31.7 Å². The summed E-state index contributed by atoms with van der Waals surface area (Å²) in [5.41, 5.74) is 0. The molecule has 1 fully saturated rings. The third-order valence-corrected chi connectivity index (χ3v) is 7.18. The molecule has 0 saturated carbocycles. The highest BCUT2D eigenvalue weighted by molar-refractivity contribution is 7.89. The van der Waals surface area contributed by atoms with E-state index in [1.165, 1.54) is 6.07 Å². The molecule has 1 unspecified atom stereocenters. The van der Waals surface area contributed by atoms with Crippen molar-refractivity contribution in [3.05, 3.63) is 14.7 Å². The molecule has 8 heteroatoms. The molecule has 3 nitrogen and oxygen atoms in total. The predicted octanol–water partition coefficient (Wildman–Crippen LogP) is 4.23. The van der Waals surface area contributed by atoms with Gasteiger partial charge in [0.25, 0.3) is 0 Å². The first kappa shape index (κ1) is 15.9. The van der Waals surface area contributed by atoms with Gasteiger partial charge in [-0.3, -0.25) is 0 Å². The van der Waals surface area contributed by atoms with Crippen LogP contribution in [0.4, 0.5) is 0 Å². The van der Waals surface area contributed by atoms with Crippen LogP contribution in [0.2, 0.25) is 8.67 Å². The van der Waals surface area contributed by atoms with Gasteiger partial charge >= 0.3 is 0 Å². The maximum atomic E-state index is 12.6. The van der Waals surface area contributed by atoms with Crippen molar-refractivity contribution in [1.29, 1.82) is 0 Å². The topological polar surface area (TPSA) is 37.4 Å². The Balaban J connectivity index is 2.26. The van der Waals surface area contributed by atoms with Crippen molar-refractivity contribution in [2.24, 2.45) is 0 Å². The van der Waals surface area contributed by atoms with Crippen LogP contribution in [0.5, 0.6) is 0 Å². The third kappa shape index (κ3) is 3.39. The Morgan fingerprint density at radius 1 is 1.42 bits per heavy atom. The highest BCUT2D eigenvalue weighted by atomic mass is 35.5. The SMILES string of the molecule is O=S(=O)(c1cc(Cl)sc1Cl)N1CCCC1CCCCl. The number of sulfonamides is 1. The average Bonchev–Trinajstić information content (AvgIpc) is 2.93. The monoisotopic (exact) mass is 361 g/mol. The molecule has 1 aliphatic rings. The van der Waals surface area contributed by atoms with Crippen LogP contribution in [-0.2, 0) is 10.0 Å². The number of hydrogen-bond donors (Lipinski definition) is 0. The van der Waals surface area contributed by atoms with Gasteiger partial charge in [-0.1, -0.05) is 23.2 Å². The van der Waals surface area contributed by atoms with Crippen LogP contribution in [0.3, 0.4) is 0 Å². The maximum Gasteiger partial charge on any atom is 0.245 e. The minimum Gasteiger partial charge on any atom is -0.207 e. The van der Waals surface area contributed by atoms with E-state index in [4.69, 9.17) is 34.8 Å². The average molecular weight is 363 g/mol. The Morgan fingerprint density at radius 3 is 2.74 bits per heavy atom. The van der Waals surface area contributed by atoms with E-state index < -0.39 is 10.0 Å². The molecule has 1 saturated heterocycles. The van der Waals surface area contributed by atoms with Crippen molar-refractivity contribution in [2.45, 2.75) is 36.6 Å². The summed E-state index contributed by atoms with van der Waals surface area (Å²) in [5.74, 6) is 0.551. The molecule has 0 spiro atoms. The van der Waals surface area contributed by atoms with Crippen LogP contribution in [0.15, 0.2) is 11.0 Å². The Kier molecular flexibility index (Phi) is 5.42. The Labute approximate surface area is 132 Å². The molecule has 19 heavy (non-hydrogen) atoms. The summed E-state index contributed by atoms with van der Waals surface area (Å²) >= 11 is 18.6. The van der Waals surface area contributed by atoms with E-state index in [1.807, 2.05) is 0 Å². The molecule has 0 aromatic carbocycles. The van der Waals surface area contributed by atoms with Crippen molar-refractivity contribution in [3.8, 4) is 0 Å². The molecule has 0 aliphatic carbocycles. The summed E-state index contributed by atoms with van der Waals surface area (Å²) in [6.45, 7) is 0.541. The first-order chi connectivity index (χ1) is 8.96. The lowest BCUT2D eigenvalue weighted by Gasteiger charge is -2.23. The molecule has 1 atom stereocenters. The van der Waals surface area contributed by atoms with Crippen molar-refractivity contribution in [1.82, 2.24) is 4.31 Å². The first-order valence-electron chi connectivity index (χ1n) is 5.99. The number of hydrogen-bond acceptors (Lipinski definition) is 3. The molecule has 0 amide bonds. The zero-order chi connectivity index (χ0) is 14.0. The Morgan fingerprint density at radius 2 is 2.16 bits per heavy atom. The lowest BCUT2D eigenvalue weighted by atomic mass is 10.1. The van der Waals surface area contributed by atoms with Crippen molar-refractivity contribution in [3.63, 3.8) is 0 Å². The van der Waals surface area contributed by atoms with E-state index in [0.29, 0.717) is 16.8 Å². The standard InChI is InChI=1S/C11H14Cl3NO2S2/c12-5-1-3-8-4-2-6-15(8)19(16,17)9-7-10(13)18-11(9)14/h7-8H,1-6H2. The quantitative estimate of drug-likeness (QED) is 0.735. The van der Waals surface area contributed by atoms with Gasteiger partial charge in [0, 0.05) is 18.5 Å². The smallest absolute Gasteiger partial charge is 0.207 e. The molecule has 0 N–H and O–H groups in total. The van der Waals surface area contributed by atoms with Crippen molar-refractivity contribution >= 4 is 56.2 Å². The van der Waals surface area contributed by atoms with Crippen LogP contribution in [-0.4, -0.2) is 31.2 Å². The number of halogens is 3. The molecule has 0 bridgehead atoms. The van der Waals surface area contributed by atoms with Gasteiger partial charge < -0.3 is 0 Å². The van der Waals surface area contributed by atoms with Gasteiger partial charge in [0.15, 0.2) is 0 Å². The van der Waals surface area contributed by atoms with Crippen LogP contribution in [0.1, 0.15) is 25.7 Å². The van der Waals surface area contributed by atoms with Crippen LogP contribution in [0.25, 0.3) is 0 Å². The number of alkyl halides is 1. The van der Waals surface area contributed by atoms with Gasteiger partial charge in [-0.2, -0.15) is 4.31 Å². The summed E-state index contributed by atoms with van der Waals surface area (Å²) in [4.78, 5) is 0.127. The largest absolute Gasteiger partial charge is 0.245 e. The highest BCUT2D eigenvalue weighted by Gasteiger charge is 2.36. The summed E-state index contributed by atoms with van der Waals surface area (Å²) in [5, 5.41) is 0. The first-order valence-corrected chi connectivity index (χ1v) is 9.54. The van der Waals surface area contributed by atoms with Crippen molar-refractivity contribution in [2.75, 3.05) is 12.4 Å². The minimum absolute atomic E-state index is 0.0264. The van der Waals surface area contributed by atoms with Crippen LogP contribution >= 0.6 is 46.1 Å². The van der Waals surface area contributed by atoms with E-state index in [9.17, 15) is 8.42 Å². The van der Waals surface area contributed by atoms with Gasteiger partial charge in [-0.15, -0.1) is 22.9 Å². The van der Waals surface area contributed by atoms with E-state index in [1.54, 1.807) is 4.31 Å². The van der Waals surface area contributed by atoms with Crippen LogP contribution in [0, 0.1) is 0 Å². The lowest BCUT2D eigenvalue weighted by Crippen LogP contribution is -2.35. The fourth-order valence-corrected chi connectivity index (χ4v) is 6.35. The van der Waals surface area contributed by atoms with Gasteiger partial charge in [0.1, 0.15) is 9.23 Å². The minimum atomic E-state index is -3.54. The number of rotatable bonds is 5.